The molecule has 1 N–H and O–H groups in total. The van der Waals surface area contributed by atoms with Crippen molar-refractivity contribution >= 4 is 21.9 Å². The molecule has 0 unspecified atom stereocenters. The van der Waals surface area contributed by atoms with Crippen molar-refractivity contribution in [3.63, 3.8) is 0 Å². The average Bonchev–Trinajstić information content (AvgIpc) is 2.81. The first kappa shape index (κ1) is 24.7. The van der Waals surface area contributed by atoms with Crippen molar-refractivity contribution in [3.05, 3.63) is 59.7 Å². The van der Waals surface area contributed by atoms with Crippen molar-refractivity contribution in [2.75, 3.05) is 32.8 Å². The van der Waals surface area contributed by atoms with Crippen LogP contribution in [0, 0.1) is 12.8 Å². The van der Waals surface area contributed by atoms with Gasteiger partial charge in [0.05, 0.1) is 17.0 Å². The maximum absolute atomic E-state index is 12.8. The maximum atomic E-state index is 12.8. The molecule has 1 aliphatic rings. The van der Waals surface area contributed by atoms with E-state index in [4.69, 9.17) is 9.47 Å². The van der Waals surface area contributed by atoms with Gasteiger partial charge in [0.25, 0.3) is 5.91 Å². The van der Waals surface area contributed by atoms with Crippen LogP contribution >= 0.6 is 0 Å². The van der Waals surface area contributed by atoms with E-state index in [0.29, 0.717) is 19.0 Å². The van der Waals surface area contributed by atoms with E-state index < -0.39 is 28.5 Å². The van der Waals surface area contributed by atoms with Gasteiger partial charge in [0.2, 0.25) is 10.0 Å². The Labute approximate surface area is 194 Å². The topological polar surface area (TPSA) is 102 Å². The van der Waals surface area contributed by atoms with Gasteiger partial charge in [0.15, 0.2) is 6.61 Å². The Morgan fingerprint density at radius 2 is 1.79 bits per heavy atom. The molecule has 1 aliphatic heterocycles. The number of ether oxygens (including phenoxy) is 2. The van der Waals surface area contributed by atoms with Gasteiger partial charge in [0.1, 0.15) is 12.4 Å². The van der Waals surface area contributed by atoms with Gasteiger partial charge < -0.3 is 14.8 Å². The molecule has 0 saturated carbocycles. The normalized spacial score (nSPS) is 15.1. The molecule has 8 nitrogen and oxygen atoms in total. The highest BCUT2D eigenvalue weighted by atomic mass is 32.2. The van der Waals surface area contributed by atoms with Crippen LogP contribution in [-0.4, -0.2) is 57.4 Å². The first-order chi connectivity index (χ1) is 15.8. The lowest BCUT2D eigenvalue weighted by molar-refractivity contribution is -0.124. The summed E-state index contributed by atoms with van der Waals surface area (Å²) in [7, 11) is -3.58. The van der Waals surface area contributed by atoms with Crippen molar-refractivity contribution in [2.45, 2.75) is 31.6 Å². The molecule has 1 fully saturated rings. The van der Waals surface area contributed by atoms with Gasteiger partial charge >= 0.3 is 5.97 Å². The first-order valence-corrected chi connectivity index (χ1v) is 12.4. The van der Waals surface area contributed by atoms with Crippen LogP contribution in [-0.2, 0) is 19.6 Å². The second-order valence-electron chi connectivity index (χ2n) is 8.20. The number of sulfonamides is 1. The van der Waals surface area contributed by atoms with Crippen LogP contribution in [0.4, 0.5) is 0 Å². The zero-order valence-corrected chi connectivity index (χ0v) is 19.8. The highest BCUT2D eigenvalue weighted by molar-refractivity contribution is 7.89. The molecule has 2 aromatic rings. The van der Waals surface area contributed by atoms with E-state index in [0.717, 1.165) is 24.2 Å². The minimum atomic E-state index is -3.58. The molecule has 0 aliphatic carbocycles. The van der Waals surface area contributed by atoms with Gasteiger partial charge in [-0.25, -0.2) is 13.2 Å². The first-order valence-electron chi connectivity index (χ1n) is 11.0. The van der Waals surface area contributed by atoms with Crippen LogP contribution in [0.25, 0.3) is 0 Å². The molecule has 178 valence electrons. The molecular formula is C24H30N2O6S. The van der Waals surface area contributed by atoms with E-state index in [9.17, 15) is 18.0 Å². The quantitative estimate of drug-likeness (QED) is 0.443. The Balaban J connectivity index is 1.42. The van der Waals surface area contributed by atoms with Crippen molar-refractivity contribution in [3.8, 4) is 5.75 Å². The summed E-state index contributed by atoms with van der Waals surface area (Å²) >= 11 is 0. The van der Waals surface area contributed by atoms with E-state index in [1.807, 2.05) is 31.2 Å². The zero-order chi connectivity index (χ0) is 23.8. The molecular weight excluding hydrogens is 444 g/mol. The van der Waals surface area contributed by atoms with Gasteiger partial charge in [-0.15, -0.1) is 0 Å². The SMILES string of the molecule is Cc1cccc(OCCNC(=O)COC(=O)c2ccc(S(=O)(=O)N3CCC(C)CC3)cc2)c1. The molecule has 1 saturated heterocycles. The summed E-state index contributed by atoms with van der Waals surface area (Å²) in [5, 5.41) is 2.62. The molecule has 0 spiro atoms. The Kier molecular flexibility index (Phi) is 8.46. The summed E-state index contributed by atoms with van der Waals surface area (Å²) in [5.74, 6) is 0.0917. The van der Waals surface area contributed by atoms with Gasteiger partial charge in [-0.1, -0.05) is 19.1 Å². The summed E-state index contributed by atoms with van der Waals surface area (Å²) in [6, 6.07) is 13.2. The van der Waals surface area contributed by atoms with Crippen LogP contribution in [0.15, 0.2) is 53.4 Å². The summed E-state index contributed by atoms with van der Waals surface area (Å²) in [4.78, 5) is 24.2. The Morgan fingerprint density at radius 3 is 2.45 bits per heavy atom. The number of carbonyl (C=O) groups is 2. The smallest absolute Gasteiger partial charge is 0.338 e. The fourth-order valence-electron chi connectivity index (χ4n) is 3.47. The number of hydrogen-bond donors (Lipinski definition) is 1. The third kappa shape index (κ3) is 7.03. The third-order valence-electron chi connectivity index (χ3n) is 5.49. The fourth-order valence-corrected chi connectivity index (χ4v) is 4.94. The van der Waals surface area contributed by atoms with Gasteiger partial charge in [-0.05, 0) is 67.6 Å². The number of amides is 1. The van der Waals surface area contributed by atoms with Crippen molar-refractivity contribution < 1.29 is 27.5 Å². The highest BCUT2D eigenvalue weighted by Gasteiger charge is 2.28. The van der Waals surface area contributed by atoms with E-state index in [2.05, 4.69) is 12.2 Å². The lowest BCUT2D eigenvalue weighted by Crippen LogP contribution is -2.37. The number of nitrogens with one attached hydrogen (secondary N) is 1. The summed E-state index contributed by atoms with van der Waals surface area (Å²) in [6.45, 7) is 5.20. The number of benzene rings is 2. The van der Waals surface area contributed by atoms with E-state index in [-0.39, 0.29) is 23.6 Å². The number of rotatable bonds is 9. The molecule has 0 bridgehead atoms. The highest BCUT2D eigenvalue weighted by Crippen LogP contribution is 2.23. The number of nitrogens with zero attached hydrogens (tertiary/aromatic N) is 1. The Bertz CT molecular complexity index is 1060. The molecule has 9 heteroatoms. The molecule has 0 atom stereocenters. The van der Waals surface area contributed by atoms with Crippen molar-refractivity contribution in [1.82, 2.24) is 9.62 Å². The second kappa shape index (κ2) is 11.3. The molecule has 1 heterocycles. The zero-order valence-electron chi connectivity index (χ0n) is 19.0. The molecule has 0 radical (unpaired) electrons. The van der Waals surface area contributed by atoms with E-state index >= 15 is 0 Å². The van der Waals surface area contributed by atoms with Crippen LogP contribution in [0.5, 0.6) is 5.75 Å². The van der Waals surface area contributed by atoms with Crippen LogP contribution < -0.4 is 10.1 Å². The number of esters is 1. The van der Waals surface area contributed by atoms with E-state index in [1.54, 1.807) is 0 Å². The summed E-state index contributed by atoms with van der Waals surface area (Å²) in [5.41, 5.74) is 1.26. The average molecular weight is 475 g/mol. The van der Waals surface area contributed by atoms with Gasteiger partial charge in [-0.2, -0.15) is 4.31 Å². The standard InChI is InChI=1S/C24H30N2O6S/c1-18-10-13-26(14-11-18)33(29,30)22-8-6-20(7-9-22)24(28)32-17-23(27)25-12-15-31-21-5-3-4-19(2)16-21/h3-9,16,18H,10-15,17H2,1-2H3,(H,25,27). The maximum Gasteiger partial charge on any atom is 0.338 e. The predicted molar refractivity (Wildman–Crippen MR) is 124 cm³/mol. The largest absolute Gasteiger partial charge is 0.492 e. The third-order valence-corrected chi connectivity index (χ3v) is 7.40. The molecule has 0 aromatic heterocycles. The fraction of sp³-hybridized carbons (Fsp3) is 0.417. The lowest BCUT2D eigenvalue weighted by Gasteiger charge is -2.29. The van der Waals surface area contributed by atoms with Crippen LogP contribution in [0.3, 0.4) is 0 Å². The Hall–Kier alpha value is -2.91. The van der Waals surface area contributed by atoms with Crippen LogP contribution in [0.2, 0.25) is 0 Å². The van der Waals surface area contributed by atoms with Crippen molar-refractivity contribution in [2.24, 2.45) is 5.92 Å². The van der Waals surface area contributed by atoms with Gasteiger partial charge in [0, 0.05) is 13.1 Å². The molecule has 1 amide bonds. The summed E-state index contributed by atoms with van der Waals surface area (Å²) < 4.78 is 37.6. The summed E-state index contributed by atoms with van der Waals surface area (Å²) in [6.07, 6.45) is 1.67. The predicted octanol–water partition coefficient (Wildman–Crippen LogP) is 2.77. The van der Waals surface area contributed by atoms with Gasteiger partial charge in [-0.3, -0.25) is 4.79 Å². The second-order valence-corrected chi connectivity index (χ2v) is 10.1. The van der Waals surface area contributed by atoms with Crippen LogP contribution in [0.1, 0.15) is 35.7 Å². The number of carbonyl (C=O) groups excluding carboxylic acids is 2. The minimum Gasteiger partial charge on any atom is -0.492 e. The number of piperidine rings is 1. The lowest BCUT2D eigenvalue weighted by atomic mass is 10.0. The molecule has 3 rings (SSSR count). The van der Waals surface area contributed by atoms with Crippen molar-refractivity contribution in [1.29, 1.82) is 0 Å². The molecule has 2 aromatic carbocycles. The minimum absolute atomic E-state index is 0.139. The number of aryl methyl sites for hydroxylation is 1. The van der Waals surface area contributed by atoms with E-state index in [1.165, 1.54) is 28.6 Å². The monoisotopic (exact) mass is 474 g/mol. The molecule has 33 heavy (non-hydrogen) atoms. The Morgan fingerprint density at radius 1 is 1.09 bits per heavy atom. The number of hydrogen-bond acceptors (Lipinski definition) is 6.